The molecule has 3 aromatic carbocycles. The maximum absolute atomic E-state index is 13.3. The molecule has 1 aromatic heterocycles. The number of amides is 1. The smallest absolute Gasteiger partial charge is 0.230 e. The summed E-state index contributed by atoms with van der Waals surface area (Å²) in [7, 11) is -3.56. The molecule has 0 bridgehead atoms. The highest BCUT2D eigenvalue weighted by Crippen LogP contribution is 2.32. The van der Waals surface area contributed by atoms with E-state index in [0.29, 0.717) is 11.7 Å². The van der Waals surface area contributed by atoms with Crippen molar-refractivity contribution >= 4 is 42.4 Å². The van der Waals surface area contributed by atoms with E-state index in [-0.39, 0.29) is 23.0 Å². The second-order valence-electron chi connectivity index (χ2n) is 7.77. The zero-order valence-electron chi connectivity index (χ0n) is 18.0. The van der Waals surface area contributed by atoms with Crippen molar-refractivity contribution in [2.75, 3.05) is 10.7 Å². The van der Waals surface area contributed by atoms with Crippen molar-refractivity contribution in [1.82, 2.24) is 4.98 Å². The van der Waals surface area contributed by atoms with Crippen LogP contribution in [0.1, 0.15) is 23.1 Å². The van der Waals surface area contributed by atoms with E-state index in [4.69, 9.17) is 4.98 Å². The van der Waals surface area contributed by atoms with Crippen LogP contribution in [-0.2, 0) is 21.2 Å². The molecule has 0 fully saturated rings. The van der Waals surface area contributed by atoms with Gasteiger partial charge in [0.15, 0.2) is 15.0 Å². The Balaban J connectivity index is 1.61. The lowest BCUT2D eigenvalue weighted by Crippen LogP contribution is -2.31. The molecule has 0 saturated heterocycles. The molecule has 0 spiro atoms. The van der Waals surface area contributed by atoms with Crippen LogP contribution in [0.25, 0.3) is 10.2 Å². The van der Waals surface area contributed by atoms with Gasteiger partial charge in [0.1, 0.15) is 0 Å². The van der Waals surface area contributed by atoms with E-state index in [1.165, 1.54) is 11.3 Å². The fourth-order valence-corrected chi connectivity index (χ4v) is 5.73. The van der Waals surface area contributed by atoms with Gasteiger partial charge in [-0.05, 0) is 43.2 Å². The predicted octanol–water partition coefficient (Wildman–Crippen LogP) is 5.31. The van der Waals surface area contributed by atoms with Gasteiger partial charge in [0, 0.05) is 6.42 Å². The number of rotatable bonds is 7. The highest BCUT2D eigenvalue weighted by Gasteiger charge is 2.23. The quantitative estimate of drug-likeness (QED) is 0.372. The fraction of sp³-hybridized carbons (Fsp3) is 0.200. The molecule has 0 radical (unpaired) electrons. The Hall–Kier alpha value is -3.03. The van der Waals surface area contributed by atoms with Crippen molar-refractivity contribution in [3.05, 3.63) is 89.5 Å². The number of aromatic nitrogens is 1. The van der Waals surface area contributed by atoms with E-state index in [9.17, 15) is 13.2 Å². The fourth-order valence-electron chi connectivity index (χ4n) is 3.44. The molecule has 5 nitrogen and oxygen atoms in total. The third-order valence-electron chi connectivity index (χ3n) is 5.29. The summed E-state index contributed by atoms with van der Waals surface area (Å²) in [5, 5.41) is 0.580. The van der Waals surface area contributed by atoms with Crippen LogP contribution in [0.4, 0.5) is 5.13 Å². The number of aryl methyl sites for hydroxylation is 2. The average molecular weight is 465 g/mol. The Labute approximate surface area is 192 Å². The third kappa shape index (κ3) is 4.89. The number of sulfone groups is 1. The summed E-state index contributed by atoms with van der Waals surface area (Å²) < 4.78 is 26.5. The number of para-hydroxylation sites is 1. The van der Waals surface area contributed by atoms with E-state index in [1.54, 1.807) is 29.2 Å². The molecule has 0 unspecified atom stereocenters. The summed E-state index contributed by atoms with van der Waals surface area (Å²) in [6, 6.07) is 22.3. The molecular formula is C25H24N2O3S2. The monoisotopic (exact) mass is 464 g/mol. The van der Waals surface area contributed by atoms with Crippen molar-refractivity contribution in [2.24, 2.45) is 0 Å². The first-order valence-corrected chi connectivity index (χ1v) is 12.8. The SMILES string of the molecule is Cc1ccc(S(=O)(=O)CCC(=O)N(Cc2ccccc2)c2nc3c(C)cccc3s2)cc1. The summed E-state index contributed by atoms with van der Waals surface area (Å²) in [4.78, 5) is 19.8. The number of carbonyl (C=O) groups is 1. The minimum Gasteiger partial charge on any atom is -0.284 e. The molecular weight excluding hydrogens is 440 g/mol. The maximum atomic E-state index is 13.3. The number of carbonyl (C=O) groups excluding carboxylic acids is 1. The lowest BCUT2D eigenvalue weighted by Gasteiger charge is -2.20. The Morgan fingerprint density at radius 1 is 0.938 bits per heavy atom. The van der Waals surface area contributed by atoms with E-state index >= 15 is 0 Å². The van der Waals surface area contributed by atoms with Crippen LogP contribution in [0.2, 0.25) is 0 Å². The minimum atomic E-state index is -3.56. The zero-order valence-corrected chi connectivity index (χ0v) is 19.6. The number of fused-ring (bicyclic) bond motifs is 1. The Morgan fingerprint density at radius 2 is 1.66 bits per heavy atom. The van der Waals surface area contributed by atoms with Gasteiger partial charge in [-0.2, -0.15) is 0 Å². The largest absolute Gasteiger partial charge is 0.284 e. The summed E-state index contributed by atoms with van der Waals surface area (Å²) >= 11 is 1.44. The Bertz CT molecular complexity index is 1350. The number of hydrogen-bond acceptors (Lipinski definition) is 5. The van der Waals surface area contributed by atoms with E-state index in [1.807, 2.05) is 62.4 Å². The average Bonchev–Trinajstić information content (AvgIpc) is 3.22. The zero-order chi connectivity index (χ0) is 22.7. The van der Waals surface area contributed by atoms with Gasteiger partial charge in [0.05, 0.1) is 27.4 Å². The van der Waals surface area contributed by atoms with Gasteiger partial charge in [-0.15, -0.1) is 0 Å². The lowest BCUT2D eigenvalue weighted by atomic mass is 10.2. The molecule has 0 aliphatic rings. The van der Waals surface area contributed by atoms with Crippen molar-refractivity contribution in [3.8, 4) is 0 Å². The van der Waals surface area contributed by atoms with Crippen LogP contribution in [0.3, 0.4) is 0 Å². The van der Waals surface area contributed by atoms with Crippen molar-refractivity contribution < 1.29 is 13.2 Å². The molecule has 4 rings (SSSR count). The molecule has 4 aromatic rings. The van der Waals surface area contributed by atoms with E-state index < -0.39 is 9.84 Å². The third-order valence-corrected chi connectivity index (χ3v) is 8.07. The first kappa shape index (κ1) is 22.2. The summed E-state index contributed by atoms with van der Waals surface area (Å²) in [6.07, 6.45) is -0.113. The first-order valence-electron chi connectivity index (χ1n) is 10.3. The van der Waals surface area contributed by atoms with Gasteiger partial charge >= 0.3 is 0 Å². The number of hydrogen-bond donors (Lipinski definition) is 0. The standard InChI is InChI=1S/C25H24N2O3S2/c1-18-11-13-21(14-12-18)32(29,30)16-15-23(28)27(17-20-8-4-3-5-9-20)25-26-24-19(2)7-6-10-22(24)31-25/h3-14H,15-17H2,1-2H3. The molecule has 7 heteroatoms. The Morgan fingerprint density at radius 3 is 2.34 bits per heavy atom. The van der Waals surface area contributed by atoms with Crippen molar-refractivity contribution in [1.29, 1.82) is 0 Å². The molecule has 0 atom stereocenters. The number of anilines is 1. The van der Waals surface area contributed by atoms with Crippen LogP contribution in [0, 0.1) is 13.8 Å². The van der Waals surface area contributed by atoms with Crippen LogP contribution < -0.4 is 4.90 Å². The normalized spacial score (nSPS) is 11.6. The van der Waals surface area contributed by atoms with Gasteiger partial charge in [-0.3, -0.25) is 9.69 Å². The molecule has 1 amide bonds. The molecule has 1 heterocycles. The van der Waals surface area contributed by atoms with Gasteiger partial charge in [0.2, 0.25) is 5.91 Å². The maximum Gasteiger partial charge on any atom is 0.230 e. The number of nitrogens with zero attached hydrogens (tertiary/aromatic N) is 2. The van der Waals surface area contributed by atoms with E-state index in [2.05, 4.69) is 0 Å². The van der Waals surface area contributed by atoms with Crippen LogP contribution in [-0.4, -0.2) is 25.1 Å². The van der Waals surface area contributed by atoms with Gasteiger partial charge in [-0.25, -0.2) is 13.4 Å². The van der Waals surface area contributed by atoms with Crippen LogP contribution in [0.5, 0.6) is 0 Å². The highest BCUT2D eigenvalue weighted by molar-refractivity contribution is 7.91. The predicted molar refractivity (Wildman–Crippen MR) is 130 cm³/mol. The highest BCUT2D eigenvalue weighted by atomic mass is 32.2. The first-order chi connectivity index (χ1) is 15.3. The second-order valence-corrected chi connectivity index (χ2v) is 10.9. The molecule has 0 saturated carbocycles. The van der Waals surface area contributed by atoms with Crippen LogP contribution in [0.15, 0.2) is 77.7 Å². The number of thiazole rings is 1. The topological polar surface area (TPSA) is 67.3 Å². The molecule has 0 aliphatic carbocycles. The summed E-state index contributed by atoms with van der Waals surface area (Å²) in [5.74, 6) is -0.509. The van der Waals surface area contributed by atoms with E-state index in [0.717, 1.165) is 26.9 Å². The second kappa shape index (κ2) is 9.22. The van der Waals surface area contributed by atoms with Gasteiger partial charge in [0.25, 0.3) is 0 Å². The molecule has 0 N–H and O–H groups in total. The molecule has 164 valence electrons. The Kier molecular flexibility index (Phi) is 6.39. The van der Waals surface area contributed by atoms with Crippen molar-refractivity contribution in [2.45, 2.75) is 31.7 Å². The van der Waals surface area contributed by atoms with Crippen LogP contribution >= 0.6 is 11.3 Å². The minimum absolute atomic E-state index is 0.113. The lowest BCUT2D eigenvalue weighted by molar-refractivity contribution is -0.118. The van der Waals surface area contributed by atoms with Gasteiger partial charge in [-0.1, -0.05) is 71.5 Å². The molecule has 0 aliphatic heterocycles. The van der Waals surface area contributed by atoms with Crippen molar-refractivity contribution in [3.63, 3.8) is 0 Å². The number of benzene rings is 3. The van der Waals surface area contributed by atoms with Gasteiger partial charge < -0.3 is 0 Å². The summed E-state index contributed by atoms with van der Waals surface area (Å²) in [5.41, 5.74) is 3.85. The molecule has 32 heavy (non-hydrogen) atoms. The summed E-state index contributed by atoms with van der Waals surface area (Å²) in [6.45, 7) is 4.23.